The van der Waals surface area contributed by atoms with E-state index in [1.54, 1.807) is 24.3 Å². The molecule has 0 bridgehead atoms. The molecule has 3 rings (SSSR count). The van der Waals surface area contributed by atoms with Gasteiger partial charge in [-0.1, -0.05) is 23.5 Å². The number of fused-ring (bicyclic) bond motifs is 1. The van der Waals surface area contributed by atoms with Gasteiger partial charge in [0.25, 0.3) is 5.19 Å². The molecule has 1 N–H and O–H groups in total. The van der Waals surface area contributed by atoms with Gasteiger partial charge in [-0.25, -0.2) is 9.78 Å². The average Bonchev–Trinajstić information content (AvgIpc) is 3.10. The molecule has 7 nitrogen and oxygen atoms in total. The van der Waals surface area contributed by atoms with Gasteiger partial charge in [-0.2, -0.15) is 0 Å². The lowest BCUT2D eigenvalue weighted by atomic mass is 9.97. The molecule has 0 spiro atoms. The van der Waals surface area contributed by atoms with Crippen LogP contribution in [0.15, 0.2) is 48.5 Å². The molecule has 0 aliphatic rings. The zero-order valence-electron chi connectivity index (χ0n) is 15.5. The van der Waals surface area contributed by atoms with Crippen molar-refractivity contribution in [1.29, 1.82) is 0 Å². The molecule has 1 aromatic heterocycles. The first-order chi connectivity index (χ1) is 13.3. The van der Waals surface area contributed by atoms with Crippen molar-refractivity contribution in [3.05, 3.63) is 48.5 Å². The maximum absolute atomic E-state index is 12.3. The van der Waals surface area contributed by atoms with Crippen molar-refractivity contribution in [2.45, 2.75) is 25.6 Å². The molecule has 0 saturated carbocycles. The molecular weight excluding hydrogens is 382 g/mol. The Kier molecular flexibility index (Phi) is 5.62. The molecular formula is C20H19NO6S. The van der Waals surface area contributed by atoms with Crippen LogP contribution in [0.4, 0.5) is 0 Å². The minimum absolute atomic E-state index is 0.387. The number of benzene rings is 2. The number of ketones is 1. The summed E-state index contributed by atoms with van der Waals surface area (Å²) >= 11 is 1.44. The summed E-state index contributed by atoms with van der Waals surface area (Å²) in [4.78, 5) is 28.2. The van der Waals surface area contributed by atoms with E-state index in [1.165, 1.54) is 18.3 Å². The molecule has 146 valence electrons. The predicted octanol–water partition coefficient (Wildman–Crippen LogP) is 3.35. The molecule has 0 aliphatic heterocycles. The third kappa shape index (κ3) is 4.13. The van der Waals surface area contributed by atoms with Crippen LogP contribution in [0.25, 0.3) is 10.2 Å². The summed E-state index contributed by atoms with van der Waals surface area (Å²) in [5.41, 5.74) is -1.41. The van der Waals surface area contributed by atoms with Gasteiger partial charge in [-0.3, -0.25) is 4.79 Å². The highest BCUT2D eigenvalue weighted by molar-refractivity contribution is 7.20. The lowest BCUT2D eigenvalue weighted by molar-refractivity contribution is -0.168. The van der Waals surface area contributed by atoms with Crippen LogP contribution in [0.2, 0.25) is 0 Å². The topological polar surface area (TPSA) is 95.0 Å². The number of rotatable bonds is 7. The summed E-state index contributed by atoms with van der Waals surface area (Å²) in [6.45, 7) is 2.53. The Morgan fingerprint density at radius 3 is 2.39 bits per heavy atom. The molecule has 28 heavy (non-hydrogen) atoms. The van der Waals surface area contributed by atoms with Crippen LogP contribution in [0, 0.1) is 0 Å². The third-order valence-electron chi connectivity index (χ3n) is 4.05. The largest absolute Gasteiger partial charge is 0.483 e. The van der Waals surface area contributed by atoms with E-state index in [0.717, 1.165) is 24.3 Å². The first kappa shape index (κ1) is 19.8. The number of carbonyl (C=O) groups excluding carboxylic acids is 2. The Bertz CT molecular complexity index is 962. The van der Waals surface area contributed by atoms with E-state index in [2.05, 4.69) is 9.72 Å². The van der Waals surface area contributed by atoms with Crippen LogP contribution < -0.4 is 9.47 Å². The van der Waals surface area contributed by atoms with E-state index in [0.29, 0.717) is 16.7 Å². The van der Waals surface area contributed by atoms with E-state index in [9.17, 15) is 14.7 Å². The molecule has 0 saturated heterocycles. The second kappa shape index (κ2) is 7.95. The minimum atomic E-state index is -2.27. The fourth-order valence-corrected chi connectivity index (χ4v) is 3.37. The normalized spacial score (nSPS) is 14.1. The van der Waals surface area contributed by atoms with Gasteiger partial charge in [0.1, 0.15) is 11.5 Å². The quantitative estimate of drug-likeness (QED) is 0.479. The van der Waals surface area contributed by atoms with E-state index in [-0.39, 0.29) is 0 Å². The number of ether oxygens (including phenoxy) is 3. The molecule has 0 fully saturated rings. The number of aliphatic hydroxyl groups is 1. The first-order valence-corrected chi connectivity index (χ1v) is 9.28. The van der Waals surface area contributed by atoms with Crippen molar-refractivity contribution < 1.29 is 28.9 Å². The summed E-state index contributed by atoms with van der Waals surface area (Å²) < 4.78 is 16.8. The number of methoxy groups -OCH3 is 1. The van der Waals surface area contributed by atoms with Crippen molar-refractivity contribution in [2.24, 2.45) is 0 Å². The summed E-state index contributed by atoms with van der Waals surface area (Å²) in [6, 6.07) is 14.3. The molecule has 0 amide bonds. The predicted molar refractivity (Wildman–Crippen MR) is 104 cm³/mol. The van der Waals surface area contributed by atoms with E-state index in [1.807, 2.05) is 24.3 Å². The number of Topliss-reactive ketones (excluding diaryl/α,β-unsaturated/α-hetero) is 1. The van der Waals surface area contributed by atoms with Crippen molar-refractivity contribution >= 4 is 33.3 Å². The maximum Gasteiger partial charge on any atom is 0.345 e. The van der Waals surface area contributed by atoms with Gasteiger partial charge in [0.15, 0.2) is 6.10 Å². The standard InChI is InChI=1S/C20H19NO6S/c1-12(17(22)20(2,24)18(23)25-3)26-13-8-10-14(11-9-13)27-19-21-15-6-4-5-7-16(15)28-19/h4-12,24H,1-3H3. The van der Waals surface area contributed by atoms with Gasteiger partial charge < -0.3 is 19.3 Å². The molecule has 0 radical (unpaired) electrons. The number of para-hydroxylation sites is 1. The molecule has 2 aromatic carbocycles. The number of hydrogen-bond donors (Lipinski definition) is 1. The van der Waals surface area contributed by atoms with Crippen molar-refractivity contribution in [1.82, 2.24) is 4.98 Å². The zero-order chi connectivity index (χ0) is 20.3. The summed E-state index contributed by atoms with van der Waals surface area (Å²) in [6.07, 6.45) is -1.05. The molecule has 8 heteroatoms. The van der Waals surface area contributed by atoms with Gasteiger partial charge in [-0.15, -0.1) is 0 Å². The Labute approximate surface area is 165 Å². The molecule has 2 atom stereocenters. The number of hydrogen-bond acceptors (Lipinski definition) is 8. The Hall–Kier alpha value is -2.97. The van der Waals surface area contributed by atoms with E-state index in [4.69, 9.17) is 9.47 Å². The molecule has 0 aliphatic carbocycles. The fraction of sp³-hybridized carbons (Fsp3) is 0.250. The molecule has 2 unspecified atom stereocenters. The Morgan fingerprint density at radius 1 is 1.11 bits per heavy atom. The monoisotopic (exact) mass is 401 g/mol. The van der Waals surface area contributed by atoms with Gasteiger partial charge in [-0.05, 0) is 50.2 Å². The van der Waals surface area contributed by atoms with Crippen LogP contribution in [-0.4, -0.2) is 40.7 Å². The second-order valence-corrected chi connectivity index (χ2v) is 7.20. The van der Waals surface area contributed by atoms with Gasteiger partial charge in [0, 0.05) is 0 Å². The fourth-order valence-electron chi connectivity index (χ4n) is 2.53. The van der Waals surface area contributed by atoms with E-state index >= 15 is 0 Å². The van der Waals surface area contributed by atoms with Crippen LogP contribution in [0.5, 0.6) is 16.7 Å². The van der Waals surface area contributed by atoms with Crippen molar-refractivity contribution in [3.8, 4) is 16.7 Å². The average molecular weight is 401 g/mol. The SMILES string of the molecule is COC(=O)C(C)(O)C(=O)C(C)Oc1ccc(Oc2nc3ccccc3s2)cc1. The lowest BCUT2D eigenvalue weighted by Crippen LogP contribution is -2.50. The number of esters is 1. The highest BCUT2D eigenvalue weighted by Crippen LogP contribution is 2.31. The second-order valence-electron chi connectivity index (χ2n) is 6.21. The molecule has 3 aromatic rings. The highest BCUT2D eigenvalue weighted by atomic mass is 32.1. The smallest absolute Gasteiger partial charge is 0.345 e. The summed E-state index contributed by atoms with van der Waals surface area (Å²) in [5.74, 6) is -0.883. The Balaban J connectivity index is 1.65. The number of aromatic nitrogens is 1. The number of nitrogens with zero attached hydrogens (tertiary/aromatic N) is 1. The van der Waals surface area contributed by atoms with Crippen LogP contribution in [0.3, 0.4) is 0 Å². The third-order valence-corrected chi connectivity index (χ3v) is 4.96. The molecule has 1 heterocycles. The van der Waals surface area contributed by atoms with Crippen molar-refractivity contribution in [3.63, 3.8) is 0 Å². The van der Waals surface area contributed by atoms with Crippen LogP contribution in [0.1, 0.15) is 13.8 Å². The minimum Gasteiger partial charge on any atom is -0.483 e. The Morgan fingerprint density at radius 2 is 1.75 bits per heavy atom. The first-order valence-electron chi connectivity index (χ1n) is 8.46. The van der Waals surface area contributed by atoms with Gasteiger partial charge in [0.05, 0.1) is 17.3 Å². The van der Waals surface area contributed by atoms with Crippen molar-refractivity contribution in [2.75, 3.05) is 7.11 Å². The van der Waals surface area contributed by atoms with Crippen LogP contribution in [-0.2, 0) is 14.3 Å². The summed E-state index contributed by atoms with van der Waals surface area (Å²) in [5, 5.41) is 10.6. The lowest BCUT2D eigenvalue weighted by Gasteiger charge is -2.23. The zero-order valence-corrected chi connectivity index (χ0v) is 16.4. The number of carbonyl (C=O) groups is 2. The van der Waals surface area contributed by atoms with Gasteiger partial charge in [0.2, 0.25) is 11.4 Å². The summed E-state index contributed by atoms with van der Waals surface area (Å²) in [7, 11) is 1.10. The highest BCUT2D eigenvalue weighted by Gasteiger charge is 2.43. The van der Waals surface area contributed by atoms with Crippen LogP contribution >= 0.6 is 11.3 Å². The number of thiazole rings is 1. The van der Waals surface area contributed by atoms with E-state index < -0.39 is 23.5 Å². The van der Waals surface area contributed by atoms with Gasteiger partial charge >= 0.3 is 5.97 Å². The maximum atomic E-state index is 12.3.